The Morgan fingerprint density at radius 3 is 3.00 bits per heavy atom. The van der Waals surface area contributed by atoms with Gasteiger partial charge in [-0.25, -0.2) is 4.79 Å². The summed E-state index contributed by atoms with van der Waals surface area (Å²) in [5.74, 6) is 0. The number of β-amino-alcohol motifs (C(OH)–C–C–N with tert-alkyl or cyclic N) is 1. The van der Waals surface area contributed by atoms with Gasteiger partial charge >= 0.3 is 6.09 Å². The number of aliphatic hydroxyl groups excluding tert-OH is 1. The smallest absolute Gasteiger partial charge is 0.404 e. The maximum Gasteiger partial charge on any atom is 0.404 e. The van der Waals surface area contributed by atoms with Crippen LogP contribution in [0.1, 0.15) is 6.42 Å². The molecule has 0 aromatic heterocycles. The van der Waals surface area contributed by atoms with Gasteiger partial charge in [0.2, 0.25) is 0 Å². The van der Waals surface area contributed by atoms with Gasteiger partial charge in [-0.2, -0.15) is 0 Å². The Hall–Kier alpha value is -0.810. The summed E-state index contributed by atoms with van der Waals surface area (Å²) in [6.07, 6.45) is -0.475. The number of nitrogens with two attached hydrogens (primary N) is 1. The van der Waals surface area contributed by atoms with Crippen LogP contribution in [0.2, 0.25) is 0 Å². The number of hydrogen-bond acceptors (Lipinski definition) is 4. The first kappa shape index (κ1) is 8.29. The van der Waals surface area contributed by atoms with Crippen LogP contribution in [0.15, 0.2) is 0 Å². The van der Waals surface area contributed by atoms with E-state index in [-0.39, 0.29) is 18.8 Å². The highest BCUT2D eigenvalue weighted by molar-refractivity contribution is 5.64. The van der Waals surface area contributed by atoms with Crippen LogP contribution >= 0.6 is 0 Å². The zero-order valence-electron chi connectivity index (χ0n) is 6.12. The molecule has 0 radical (unpaired) electrons. The van der Waals surface area contributed by atoms with Crippen LogP contribution in [0.25, 0.3) is 0 Å². The highest BCUT2D eigenvalue weighted by Gasteiger charge is 2.22. The van der Waals surface area contributed by atoms with Gasteiger partial charge in [-0.3, -0.25) is 0 Å². The van der Waals surface area contributed by atoms with Crippen molar-refractivity contribution in [3.05, 3.63) is 0 Å². The molecule has 1 amide bonds. The van der Waals surface area contributed by atoms with Gasteiger partial charge in [0, 0.05) is 12.6 Å². The van der Waals surface area contributed by atoms with Crippen molar-refractivity contribution in [2.75, 3.05) is 13.2 Å². The molecule has 1 fully saturated rings. The summed E-state index contributed by atoms with van der Waals surface area (Å²) in [5, 5.41) is 12.0. The molecule has 0 saturated carbocycles. The lowest BCUT2D eigenvalue weighted by atomic mass is 10.2. The fourth-order valence-electron chi connectivity index (χ4n) is 1.11. The topological polar surface area (TPSA) is 84.6 Å². The molecular formula is C6H12N2O3. The van der Waals surface area contributed by atoms with E-state index in [9.17, 15) is 4.79 Å². The van der Waals surface area contributed by atoms with Crippen molar-refractivity contribution in [1.82, 2.24) is 5.32 Å². The highest BCUT2D eigenvalue weighted by Crippen LogP contribution is 2.05. The number of amides is 1. The molecule has 0 aromatic carbocycles. The summed E-state index contributed by atoms with van der Waals surface area (Å²) in [6, 6.07) is 0.0532. The average Bonchev–Trinajstić information content (AvgIpc) is 2.31. The summed E-state index contributed by atoms with van der Waals surface area (Å²) in [7, 11) is 0. The van der Waals surface area contributed by atoms with E-state index in [1.54, 1.807) is 0 Å². The van der Waals surface area contributed by atoms with E-state index in [2.05, 4.69) is 10.1 Å². The molecule has 4 N–H and O–H groups in total. The third kappa shape index (κ3) is 2.73. The molecule has 64 valence electrons. The summed E-state index contributed by atoms with van der Waals surface area (Å²) in [6.45, 7) is 0.805. The zero-order valence-corrected chi connectivity index (χ0v) is 6.12. The number of hydrogen-bond donors (Lipinski definition) is 3. The minimum absolute atomic E-state index is 0.0532. The van der Waals surface area contributed by atoms with Crippen molar-refractivity contribution in [2.24, 2.45) is 5.73 Å². The first-order valence-corrected chi connectivity index (χ1v) is 3.52. The number of ether oxygens (including phenoxy) is 1. The van der Waals surface area contributed by atoms with Crippen molar-refractivity contribution in [3.8, 4) is 0 Å². The fraction of sp³-hybridized carbons (Fsp3) is 0.833. The van der Waals surface area contributed by atoms with Gasteiger partial charge in [-0.05, 0) is 6.42 Å². The average molecular weight is 160 g/mol. The van der Waals surface area contributed by atoms with Crippen molar-refractivity contribution in [2.45, 2.75) is 18.6 Å². The molecule has 1 rings (SSSR count). The number of rotatable bonds is 2. The second-order valence-corrected chi connectivity index (χ2v) is 2.62. The summed E-state index contributed by atoms with van der Waals surface area (Å²) >= 11 is 0. The zero-order chi connectivity index (χ0) is 8.27. The van der Waals surface area contributed by atoms with E-state index in [1.807, 2.05) is 0 Å². The number of carbonyl (C=O) groups is 1. The predicted octanol–water partition coefficient (Wildman–Crippen LogP) is -1.20. The quantitative estimate of drug-likeness (QED) is 0.474. The summed E-state index contributed by atoms with van der Waals surface area (Å²) in [4.78, 5) is 10.1. The molecule has 5 heteroatoms. The fourth-order valence-corrected chi connectivity index (χ4v) is 1.11. The van der Waals surface area contributed by atoms with Crippen molar-refractivity contribution in [3.63, 3.8) is 0 Å². The van der Waals surface area contributed by atoms with Gasteiger partial charge in [0.25, 0.3) is 0 Å². The first-order valence-electron chi connectivity index (χ1n) is 3.52. The number of aliphatic hydroxyl groups is 1. The Morgan fingerprint density at radius 2 is 2.55 bits per heavy atom. The monoisotopic (exact) mass is 160 g/mol. The number of primary amides is 1. The maximum atomic E-state index is 10.1. The molecule has 1 saturated heterocycles. The molecule has 5 nitrogen and oxygen atoms in total. The molecule has 1 heterocycles. The largest absolute Gasteiger partial charge is 0.448 e. The van der Waals surface area contributed by atoms with Gasteiger partial charge in [0.15, 0.2) is 0 Å². The molecule has 0 aromatic rings. The molecule has 2 atom stereocenters. The Morgan fingerprint density at radius 1 is 1.82 bits per heavy atom. The third-order valence-electron chi connectivity index (χ3n) is 1.63. The van der Waals surface area contributed by atoms with E-state index < -0.39 is 6.09 Å². The molecule has 1 aliphatic heterocycles. The summed E-state index contributed by atoms with van der Waals surface area (Å²) < 4.78 is 4.54. The van der Waals surface area contributed by atoms with Crippen LogP contribution in [-0.4, -0.2) is 36.5 Å². The molecule has 0 aliphatic carbocycles. The predicted molar refractivity (Wildman–Crippen MR) is 37.9 cm³/mol. The molecule has 0 spiro atoms. The Balaban J connectivity index is 2.13. The minimum atomic E-state index is -0.770. The molecule has 0 bridgehead atoms. The van der Waals surface area contributed by atoms with Gasteiger partial charge in [-0.15, -0.1) is 0 Å². The lowest BCUT2D eigenvalue weighted by Gasteiger charge is -2.08. The standard InChI is InChI=1S/C6H12N2O3/c7-6(10)11-3-4-1-5(9)2-8-4/h4-5,8-9H,1-3H2,(H2,7,10)/t4-,5+/m0/s1. The van der Waals surface area contributed by atoms with Crippen molar-refractivity contribution >= 4 is 6.09 Å². The normalized spacial score (nSPS) is 30.3. The molecule has 1 aliphatic rings. The first-order chi connectivity index (χ1) is 5.18. The van der Waals surface area contributed by atoms with Gasteiger partial charge in [0.1, 0.15) is 6.61 Å². The highest BCUT2D eigenvalue weighted by atomic mass is 16.5. The van der Waals surface area contributed by atoms with Crippen LogP contribution in [0, 0.1) is 0 Å². The second-order valence-electron chi connectivity index (χ2n) is 2.62. The lowest BCUT2D eigenvalue weighted by Crippen LogP contribution is -2.29. The van der Waals surface area contributed by atoms with Crippen LogP contribution < -0.4 is 11.1 Å². The van der Waals surface area contributed by atoms with Gasteiger partial charge in [-0.1, -0.05) is 0 Å². The van der Waals surface area contributed by atoms with Gasteiger partial charge < -0.3 is 20.9 Å². The SMILES string of the molecule is NC(=O)OC[C@@H]1C[C@@H](O)CN1. The Labute approximate surface area is 64.5 Å². The van der Waals surface area contributed by atoms with E-state index in [4.69, 9.17) is 10.8 Å². The van der Waals surface area contributed by atoms with Crippen molar-refractivity contribution in [1.29, 1.82) is 0 Å². The van der Waals surface area contributed by atoms with Crippen LogP contribution in [-0.2, 0) is 4.74 Å². The van der Waals surface area contributed by atoms with Crippen LogP contribution in [0.4, 0.5) is 4.79 Å². The minimum Gasteiger partial charge on any atom is -0.448 e. The van der Waals surface area contributed by atoms with E-state index in [1.165, 1.54) is 0 Å². The van der Waals surface area contributed by atoms with Crippen LogP contribution in [0.5, 0.6) is 0 Å². The number of nitrogens with one attached hydrogen (secondary N) is 1. The number of carbonyl (C=O) groups excluding carboxylic acids is 1. The van der Waals surface area contributed by atoms with E-state index in [0.29, 0.717) is 13.0 Å². The third-order valence-corrected chi connectivity index (χ3v) is 1.63. The van der Waals surface area contributed by atoms with Crippen LogP contribution in [0.3, 0.4) is 0 Å². The Bertz CT molecular complexity index is 151. The molecule has 0 unspecified atom stereocenters. The lowest BCUT2D eigenvalue weighted by molar-refractivity contribution is 0.141. The second kappa shape index (κ2) is 3.54. The maximum absolute atomic E-state index is 10.1. The van der Waals surface area contributed by atoms with Gasteiger partial charge in [0.05, 0.1) is 6.10 Å². The summed E-state index contributed by atoms with van der Waals surface area (Å²) in [5.41, 5.74) is 4.75. The van der Waals surface area contributed by atoms with Crippen molar-refractivity contribution < 1.29 is 14.6 Å². The van der Waals surface area contributed by atoms with E-state index >= 15 is 0 Å². The van der Waals surface area contributed by atoms with E-state index in [0.717, 1.165) is 0 Å². The molecular weight excluding hydrogens is 148 g/mol. The Kier molecular flexibility index (Phi) is 2.67. The molecule has 11 heavy (non-hydrogen) atoms.